The van der Waals surface area contributed by atoms with Gasteiger partial charge in [0.1, 0.15) is 23.5 Å². The van der Waals surface area contributed by atoms with Crippen molar-refractivity contribution in [1.82, 2.24) is 15.0 Å². The van der Waals surface area contributed by atoms with Crippen LogP contribution >= 0.6 is 0 Å². The van der Waals surface area contributed by atoms with E-state index in [2.05, 4.69) is 26.8 Å². The molecule has 2 aromatic heterocycles. The SMILES string of the molecule is Cc1ncc(C)c(N2CCC(Oc3cccnc3)CC2)n1. The molecule has 0 aliphatic carbocycles. The lowest BCUT2D eigenvalue weighted by molar-refractivity contribution is 0.170. The lowest BCUT2D eigenvalue weighted by atomic mass is 10.1. The second-order valence-corrected chi connectivity index (χ2v) is 5.42. The minimum atomic E-state index is 0.258. The largest absolute Gasteiger partial charge is 0.489 e. The van der Waals surface area contributed by atoms with Crippen LogP contribution in [0.3, 0.4) is 0 Å². The van der Waals surface area contributed by atoms with Crippen LogP contribution in [-0.2, 0) is 0 Å². The van der Waals surface area contributed by atoms with Crippen molar-refractivity contribution in [3.63, 3.8) is 0 Å². The van der Waals surface area contributed by atoms with Gasteiger partial charge in [-0.05, 0) is 26.0 Å². The highest BCUT2D eigenvalue weighted by Crippen LogP contribution is 2.23. The Balaban J connectivity index is 1.61. The Morgan fingerprint density at radius 3 is 2.71 bits per heavy atom. The van der Waals surface area contributed by atoms with Gasteiger partial charge in [0.2, 0.25) is 0 Å². The smallest absolute Gasteiger partial charge is 0.137 e. The number of ether oxygens (including phenoxy) is 1. The standard InChI is InChI=1S/C16H20N4O/c1-12-10-18-13(2)19-16(12)20-8-5-14(6-9-20)21-15-4-3-7-17-11-15/h3-4,7,10-11,14H,5-6,8-9H2,1-2H3. The van der Waals surface area contributed by atoms with Gasteiger partial charge in [-0.1, -0.05) is 0 Å². The maximum Gasteiger partial charge on any atom is 0.137 e. The summed E-state index contributed by atoms with van der Waals surface area (Å²) in [6.45, 7) is 5.92. The van der Waals surface area contributed by atoms with Gasteiger partial charge in [0.05, 0.1) is 6.20 Å². The van der Waals surface area contributed by atoms with Crippen molar-refractivity contribution in [2.24, 2.45) is 0 Å². The molecule has 0 unspecified atom stereocenters. The van der Waals surface area contributed by atoms with E-state index in [0.717, 1.165) is 48.9 Å². The molecule has 1 aliphatic rings. The van der Waals surface area contributed by atoms with Crippen LogP contribution in [0.4, 0.5) is 5.82 Å². The highest BCUT2D eigenvalue weighted by atomic mass is 16.5. The first-order valence-corrected chi connectivity index (χ1v) is 7.34. The molecule has 0 spiro atoms. The molecule has 0 atom stereocenters. The van der Waals surface area contributed by atoms with Crippen molar-refractivity contribution in [3.05, 3.63) is 42.1 Å². The topological polar surface area (TPSA) is 51.1 Å². The van der Waals surface area contributed by atoms with E-state index in [4.69, 9.17) is 4.74 Å². The zero-order chi connectivity index (χ0) is 14.7. The Morgan fingerprint density at radius 1 is 1.19 bits per heavy atom. The van der Waals surface area contributed by atoms with Crippen LogP contribution in [0.1, 0.15) is 24.2 Å². The fourth-order valence-corrected chi connectivity index (χ4v) is 2.63. The second-order valence-electron chi connectivity index (χ2n) is 5.42. The minimum absolute atomic E-state index is 0.258. The Morgan fingerprint density at radius 2 is 2.00 bits per heavy atom. The molecule has 0 N–H and O–H groups in total. The Kier molecular flexibility index (Phi) is 3.99. The summed E-state index contributed by atoms with van der Waals surface area (Å²) in [6, 6.07) is 3.86. The molecule has 0 bridgehead atoms. The van der Waals surface area contributed by atoms with Crippen molar-refractivity contribution in [3.8, 4) is 5.75 Å². The van der Waals surface area contributed by atoms with Crippen LogP contribution in [-0.4, -0.2) is 34.1 Å². The van der Waals surface area contributed by atoms with Crippen LogP contribution in [0, 0.1) is 13.8 Å². The van der Waals surface area contributed by atoms with Crippen LogP contribution < -0.4 is 9.64 Å². The Labute approximate surface area is 125 Å². The van der Waals surface area contributed by atoms with Crippen molar-refractivity contribution in [2.45, 2.75) is 32.8 Å². The van der Waals surface area contributed by atoms with Gasteiger partial charge in [-0.15, -0.1) is 0 Å². The van der Waals surface area contributed by atoms with E-state index in [1.807, 2.05) is 25.3 Å². The first-order valence-electron chi connectivity index (χ1n) is 7.34. The van der Waals surface area contributed by atoms with Gasteiger partial charge in [0, 0.05) is 43.9 Å². The Hall–Kier alpha value is -2.17. The summed E-state index contributed by atoms with van der Waals surface area (Å²) in [4.78, 5) is 15.2. The molecule has 0 aromatic carbocycles. The maximum atomic E-state index is 5.97. The van der Waals surface area contributed by atoms with Crippen molar-refractivity contribution >= 4 is 5.82 Å². The van der Waals surface area contributed by atoms with Crippen LogP contribution in [0.15, 0.2) is 30.7 Å². The van der Waals surface area contributed by atoms with Gasteiger partial charge in [0.25, 0.3) is 0 Å². The van der Waals surface area contributed by atoms with Gasteiger partial charge in [0.15, 0.2) is 0 Å². The Bertz CT molecular complexity index is 594. The molecule has 5 nitrogen and oxygen atoms in total. The number of aryl methyl sites for hydroxylation is 2. The molecule has 0 saturated carbocycles. The van der Waals surface area contributed by atoms with Crippen molar-refractivity contribution in [2.75, 3.05) is 18.0 Å². The average molecular weight is 284 g/mol. The molecule has 2 aromatic rings. The molecule has 0 amide bonds. The predicted octanol–water partition coefficient (Wildman–Crippen LogP) is 2.54. The number of nitrogens with zero attached hydrogens (tertiary/aromatic N) is 4. The number of rotatable bonds is 3. The van der Waals surface area contributed by atoms with E-state index in [0.29, 0.717) is 0 Å². The summed E-state index contributed by atoms with van der Waals surface area (Å²) in [6.07, 6.45) is 7.68. The molecular weight excluding hydrogens is 264 g/mol. The predicted molar refractivity (Wildman–Crippen MR) is 81.6 cm³/mol. The zero-order valence-electron chi connectivity index (χ0n) is 12.5. The molecule has 21 heavy (non-hydrogen) atoms. The van der Waals surface area contributed by atoms with Crippen molar-refractivity contribution in [1.29, 1.82) is 0 Å². The lowest BCUT2D eigenvalue weighted by Gasteiger charge is -2.33. The second kappa shape index (κ2) is 6.08. The van der Waals surface area contributed by atoms with Crippen LogP contribution in [0.5, 0.6) is 5.75 Å². The fraction of sp³-hybridized carbons (Fsp3) is 0.438. The summed E-state index contributed by atoms with van der Waals surface area (Å²) in [5, 5.41) is 0. The van der Waals surface area contributed by atoms with E-state index < -0.39 is 0 Å². The summed E-state index contributed by atoms with van der Waals surface area (Å²) in [5.41, 5.74) is 1.13. The quantitative estimate of drug-likeness (QED) is 0.867. The highest BCUT2D eigenvalue weighted by Gasteiger charge is 2.22. The van der Waals surface area contributed by atoms with Crippen LogP contribution in [0.25, 0.3) is 0 Å². The molecule has 110 valence electrons. The lowest BCUT2D eigenvalue weighted by Crippen LogP contribution is -2.39. The van der Waals surface area contributed by atoms with Gasteiger partial charge < -0.3 is 9.64 Å². The van der Waals surface area contributed by atoms with Gasteiger partial charge in [-0.3, -0.25) is 4.98 Å². The van der Waals surface area contributed by atoms with E-state index in [1.54, 1.807) is 12.4 Å². The molecule has 1 saturated heterocycles. The van der Waals surface area contributed by atoms with E-state index in [1.165, 1.54) is 0 Å². The van der Waals surface area contributed by atoms with Gasteiger partial charge >= 0.3 is 0 Å². The maximum absolute atomic E-state index is 5.97. The van der Waals surface area contributed by atoms with E-state index in [-0.39, 0.29) is 6.10 Å². The summed E-state index contributed by atoms with van der Waals surface area (Å²) >= 11 is 0. The molecule has 1 fully saturated rings. The summed E-state index contributed by atoms with van der Waals surface area (Å²) in [5.74, 6) is 2.73. The summed E-state index contributed by atoms with van der Waals surface area (Å²) < 4.78 is 5.97. The third-order valence-corrected chi connectivity index (χ3v) is 3.74. The fourth-order valence-electron chi connectivity index (χ4n) is 2.63. The first-order chi connectivity index (χ1) is 10.2. The molecule has 1 aliphatic heterocycles. The zero-order valence-corrected chi connectivity index (χ0v) is 12.5. The number of aromatic nitrogens is 3. The van der Waals surface area contributed by atoms with E-state index >= 15 is 0 Å². The highest BCUT2D eigenvalue weighted by molar-refractivity contribution is 5.45. The monoisotopic (exact) mass is 284 g/mol. The molecule has 0 radical (unpaired) electrons. The van der Waals surface area contributed by atoms with Gasteiger partial charge in [-0.2, -0.15) is 0 Å². The molecular formula is C16H20N4O. The number of piperidine rings is 1. The third kappa shape index (κ3) is 3.29. The number of pyridine rings is 1. The van der Waals surface area contributed by atoms with E-state index in [9.17, 15) is 0 Å². The number of hydrogen-bond donors (Lipinski definition) is 0. The number of hydrogen-bond acceptors (Lipinski definition) is 5. The summed E-state index contributed by atoms with van der Waals surface area (Å²) in [7, 11) is 0. The normalized spacial score (nSPS) is 16.0. The number of anilines is 1. The first kappa shape index (κ1) is 13.8. The third-order valence-electron chi connectivity index (χ3n) is 3.74. The van der Waals surface area contributed by atoms with Crippen LogP contribution in [0.2, 0.25) is 0 Å². The van der Waals surface area contributed by atoms with Gasteiger partial charge in [-0.25, -0.2) is 9.97 Å². The average Bonchev–Trinajstić information content (AvgIpc) is 2.52. The molecule has 5 heteroatoms. The molecule has 3 heterocycles. The molecule has 3 rings (SSSR count). The van der Waals surface area contributed by atoms with Crippen molar-refractivity contribution < 1.29 is 4.74 Å². The minimum Gasteiger partial charge on any atom is -0.489 e.